The van der Waals surface area contributed by atoms with Crippen LogP contribution in [0.2, 0.25) is 5.02 Å². The number of azo groups is 1. The molecular weight excluding hydrogens is 476 g/mol. The molecule has 36 heavy (non-hydrogen) atoms. The van der Waals surface area contributed by atoms with Gasteiger partial charge < -0.3 is 4.74 Å². The normalized spacial score (nSPS) is 11.2. The van der Waals surface area contributed by atoms with Crippen molar-refractivity contribution in [3.05, 3.63) is 112 Å². The zero-order chi connectivity index (χ0) is 25.1. The van der Waals surface area contributed by atoms with Gasteiger partial charge in [-0.3, -0.25) is 9.36 Å². The predicted octanol–water partition coefficient (Wildman–Crippen LogP) is 6.47. The summed E-state index contributed by atoms with van der Waals surface area (Å²) in [6.07, 6.45) is 2.91. The Morgan fingerprint density at radius 3 is 2.44 bits per heavy atom. The lowest BCUT2D eigenvalue weighted by Crippen LogP contribution is -2.23. The van der Waals surface area contributed by atoms with Gasteiger partial charge in [0.1, 0.15) is 24.1 Å². The predicted molar refractivity (Wildman–Crippen MR) is 139 cm³/mol. The van der Waals surface area contributed by atoms with Crippen molar-refractivity contribution in [2.45, 2.75) is 6.92 Å². The number of nitrogens with zero attached hydrogens (tertiary/aromatic N) is 6. The number of pyridine rings is 1. The SMILES string of the molecule is COc1ccc(-c2cc(=O)n(-c3cccc(Cl)c3)c(-n3cncn3)c2N=Nc2cccc(C)c2)cc1. The number of hydrogen-bond acceptors (Lipinski definition) is 6. The molecule has 0 saturated heterocycles. The van der Waals surface area contributed by atoms with E-state index in [0.29, 0.717) is 39.2 Å². The number of methoxy groups -OCH3 is 1. The largest absolute Gasteiger partial charge is 0.497 e. The molecule has 0 unspecified atom stereocenters. The first-order valence-corrected chi connectivity index (χ1v) is 11.4. The molecule has 0 aliphatic carbocycles. The van der Waals surface area contributed by atoms with E-state index in [1.807, 2.05) is 55.5 Å². The van der Waals surface area contributed by atoms with Crippen LogP contribution in [0.25, 0.3) is 22.6 Å². The van der Waals surface area contributed by atoms with Crippen molar-refractivity contribution in [3.8, 4) is 28.4 Å². The van der Waals surface area contributed by atoms with Gasteiger partial charge in [0, 0.05) is 16.7 Å². The lowest BCUT2D eigenvalue weighted by Gasteiger charge is -2.18. The van der Waals surface area contributed by atoms with Gasteiger partial charge in [-0.05, 0) is 60.5 Å². The first-order valence-electron chi connectivity index (χ1n) is 11.1. The van der Waals surface area contributed by atoms with Crippen LogP contribution >= 0.6 is 11.6 Å². The Balaban J connectivity index is 1.84. The fraction of sp³-hybridized carbons (Fsp3) is 0.0741. The minimum Gasteiger partial charge on any atom is -0.497 e. The summed E-state index contributed by atoms with van der Waals surface area (Å²) in [6, 6.07) is 23.7. The number of aryl methyl sites for hydroxylation is 1. The molecule has 2 aromatic heterocycles. The third-order valence-electron chi connectivity index (χ3n) is 5.54. The molecule has 3 aromatic carbocycles. The Bertz CT molecular complexity index is 1610. The molecule has 0 N–H and O–H groups in total. The van der Waals surface area contributed by atoms with Crippen LogP contribution in [0.4, 0.5) is 11.4 Å². The Morgan fingerprint density at radius 2 is 1.75 bits per heavy atom. The van der Waals surface area contributed by atoms with E-state index in [2.05, 4.69) is 20.3 Å². The lowest BCUT2D eigenvalue weighted by molar-refractivity contribution is 0.415. The smallest absolute Gasteiger partial charge is 0.257 e. The first-order chi connectivity index (χ1) is 17.5. The van der Waals surface area contributed by atoms with Gasteiger partial charge in [-0.2, -0.15) is 10.2 Å². The standard InChI is InChI=1S/C27H21ClN6O2/c1-18-5-3-7-21(13-18)31-32-26-24(19-9-11-23(36-2)12-10-19)15-25(35)34(22-8-4-6-20(28)14-22)27(26)33-17-29-16-30-33/h3-17H,1-2H3. The molecule has 0 spiro atoms. The number of halogens is 1. The average Bonchev–Trinajstić information content (AvgIpc) is 3.42. The zero-order valence-corrected chi connectivity index (χ0v) is 20.3. The van der Waals surface area contributed by atoms with E-state index in [4.69, 9.17) is 16.3 Å². The van der Waals surface area contributed by atoms with Crippen LogP contribution in [0.5, 0.6) is 5.75 Å². The van der Waals surface area contributed by atoms with Gasteiger partial charge in [-0.15, -0.1) is 5.11 Å². The summed E-state index contributed by atoms with van der Waals surface area (Å²) < 4.78 is 8.30. The zero-order valence-electron chi connectivity index (χ0n) is 19.5. The maximum atomic E-state index is 13.6. The quantitative estimate of drug-likeness (QED) is 0.252. The fourth-order valence-corrected chi connectivity index (χ4v) is 4.05. The average molecular weight is 497 g/mol. The van der Waals surface area contributed by atoms with Crippen LogP contribution in [0.15, 0.2) is 107 Å². The second-order valence-electron chi connectivity index (χ2n) is 7.99. The van der Waals surface area contributed by atoms with Crippen LogP contribution in [0.3, 0.4) is 0 Å². The molecule has 178 valence electrons. The van der Waals surface area contributed by atoms with E-state index in [0.717, 1.165) is 11.1 Å². The molecule has 8 nitrogen and oxygen atoms in total. The molecule has 0 radical (unpaired) electrons. The molecule has 0 bridgehead atoms. The molecule has 0 saturated carbocycles. The maximum absolute atomic E-state index is 13.6. The molecule has 5 rings (SSSR count). The van der Waals surface area contributed by atoms with E-state index in [-0.39, 0.29) is 5.56 Å². The summed E-state index contributed by atoms with van der Waals surface area (Å²) in [5.74, 6) is 1.08. The van der Waals surface area contributed by atoms with Crippen molar-refractivity contribution in [1.82, 2.24) is 19.3 Å². The van der Waals surface area contributed by atoms with Crippen LogP contribution < -0.4 is 10.3 Å². The van der Waals surface area contributed by atoms with Gasteiger partial charge >= 0.3 is 0 Å². The summed E-state index contributed by atoms with van der Waals surface area (Å²) in [4.78, 5) is 17.7. The summed E-state index contributed by atoms with van der Waals surface area (Å²) in [7, 11) is 1.60. The molecule has 2 heterocycles. The molecular formula is C27H21ClN6O2. The Morgan fingerprint density at radius 1 is 0.944 bits per heavy atom. The highest BCUT2D eigenvalue weighted by molar-refractivity contribution is 6.30. The van der Waals surface area contributed by atoms with Gasteiger partial charge in [-0.1, -0.05) is 41.9 Å². The van der Waals surface area contributed by atoms with E-state index in [9.17, 15) is 4.79 Å². The fourth-order valence-electron chi connectivity index (χ4n) is 3.87. The molecule has 0 aliphatic heterocycles. The minimum absolute atomic E-state index is 0.289. The maximum Gasteiger partial charge on any atom is 0.257 e. The number of hydrogen-bond donors (Lipinski definition) is 0. The van der Waals surface area contributed by atoms with Crippen molar-refractivity contribution in [2.24, 2.45) is 10.2 Å². The van der Waals surface area contributed by atoms with E-state index in [1.54, 1.807) is 31.4 Å². The summed E-state index contributed by atoms with van der Waals surface area (Å²) in [6.45, 7) is 1.99. The minimum atomic E-state index is -0.289. The molecule has 0 aliphatic rings. The van der Waals surface area contributed by atoms with Crippen molar-refractivity contribution >= 4 is 23.0 Å². The summed E-state index contributed by atoms with van der Waals surface area (Å²) in [5, 5.41) is 14.0. The van der Waals surface area contributed by atoms with Crippen LogP contribution in [-0.2, 0) is 0 Å². The monoisotopic (exact) mass is 496 g/mol. The summed E-state index contributed by atoms with van der Waals surface area (Å²) in [5.41, 5.74) is 3.80. The molecule has 0 amide bonds. The highest BCUT2D eigenvalue weighted by Crippen LogP contribution is 2.37. The second-order valence-corrected chi connectivity index (χ2v) is 8.43. The third kappa shape index (κ3) is 4.67. The highest BCUT2D eigenvalue weighted by atomic mass is 35.5. The van der Waals surface area contributed by atoms with E-state index >= 15 is 0 Å². The highest BCUT2D eigenvalue weighted by Gasteiger charge is 2.21. The third-order valence-corrected chi connectivity index (χ3v) is 5.77. The van der Waals surface area contributed by atoms with Crippen molar-refractivity contribution < 1.29 is 4.74 Å². The van der Waals surface area contributed by atoms with Crippen molar-refractivity contribution in [3.63, 3.8) is 0 Å². The van der Waals surface area contributed by atoms with Crippen molar-refractivity contribution in [2.75, 3.05) is 7.11 Å². The van der Waals surface area contributed by atoms with Crippen LogP contribution in [0, 0.1) is 6.92 Å². The van der Waals surface area contributed by atoms with E-state index < -0.39 is 0 Å². The number of rotatable bonds is 6. The molecule has 5 aromatic rings. The van der Waals surface area contributed by atoms with Gasteiger partial charge in [0.25, 0.3) is 5.56 Å². The van der Waals surface area contributed by atoms with Gasteiger partial charge in [-0.25, -0.2) is 9.67 Å². The van der Waals surface area contributed by atoms with Crippen molar-refractivity contribution in [1.29, 1.82) is 0 Å². The molecule has 9 heteroatoms. The molecule has 0 atom stereocenters. The topological polar surface area (TPSA) is 86.7 Å². The van der Waals surface area contributed by atoms with Gasteiger partial charge in [0.15, 0.2) is 5.82 Å². The number of benzene rings is 3. The van der Waals surface area contributed by atoms with Crippen LogP contribution in [0.1, 0.15) is 5.56 Å². The van der Waals surface area contributed by atoms with Crippen LogP contribution in [-0.4, -0.2) is 26.4 Å². The Hall–Kier alpha value is -4.56. The Labute approximate surface area is 212 Å². The number of aromatic nitrogens is 4. The lowest BCUT2D eigenvalue weighted by atomic mass is 10.0. The van der Waals surface area contributed by atoms with E-state index in [1.165, 1.54) is 28.0 Å². The molecule has 0 fully saturated rings. The Kier molecular flexibility index (Phi) is 6.42. The second kappa shape index (κ2) is 9.97. The first kappa shape index (κ1) is 23.2. The van der Waals surface area contributed by atoms with Gasteiger partial charge in [0.05, 0.1) is 18.5 Å². The number of ether oxygens (including phenoxy) is 1. The van der Waals surface area contributed by atoms with Gasteiger partial charge in [0.2, 0.25) is 0 Å². The summed E-state index contributed by atoms with van der Waals surface area (Å²) >= 11 is 6.27.